The fourth-order valence-corrected chi connectivity index (χ4v) is 6.13. The molecule has 1 aliphatic heterocycles. The van der Waals surface area contributed by atoms with Crippen LogP contribution in [-0.2, 0) is 4.74 Å². The number of aromatic hydroxyl groups is 1. The molecule has 0 saturated carbocycles. The lowest BCUT2D eigenvalue weighted by Crippen LogP contribution is -2.45. The van der Waals surface area contributed by atoms with Crippen molar-refractivity contribution in [1.82, 2.24) is 15.3 Å². The number of hydrogen-bond donors (Lipinski definition) is 3. The van der Waals surface area contributed by atoms with Crippen molar-refractivity contribution in [2.45, 2.75) is 38.8 Å². The standard InChI is InChI=1S/C30H34N4O5S/c1-3-38-30(37)24-15-23(9-10-25(24)36)39-17-22(35)16-31-21-11-13-34(14-12-21)28-26-19(2)27(20-7-5-4-6-8-20)40-29(26)33-18-32-28/h4-10,15,18,21-22,31,35-36H,3,11-14,16-17H2,1-2H3. The Balaban J connectivity index is 1.14. The summed E-state index contributed by atoms with van der Waals surface area (Å²) in [7, 11) is 0. The maximum atomic E-state index is 12.0. The van der Waals surface area contributed by atoms with E-state index in [1.54, 1.807) is 30.7 Å². The molecule has 10 heteroatoms. The zero-order valence-electron chi connectivity index (χ0n) is 22.7. The molecular formula is C30H34N4O5S. The van der Waals surface area contributed by atoms with Gasteiger partial charge < -0.3 is 29.9 Å². The number of thiophene rings is 1. The Morgan fingerprint density at radius 1 is 1.18 bits per heavy atom. The van der Waals surface area contributed by atoms with Gasteiger partial charge in [0.25, 0.3) is 0 Å². The van der Waals surface area contributed by atoms with Crippen molar-refractivity contribution in [1.29, 1.82) is 0 Å². The first-order chi connectivity index (χ1) is 19.4. The Kier molecular flexibility index (Phi) is 8.78. The number of fused-ring (bicyclic) bond motifs is 1. The van der Waals surface area contributed by atoms with Crippen molar-refractivity contribution in [2.24, 2.45) is 0 Å². The average Bonchev–Trinajstić information content (AvgIpc) is 3.33. The molecule has 9 nitrogen and oxygen atoms in total. The first-order valence-corrected chi connectivity index (χ1v) is 14.3. The maximum Gasteiger partial charge on any atom is 0.342 e. The topological polar surface area (TPSA) is 117 Å². The number of benzene rings is 2. The molecule has 210 valence electrons. The van der Waals surface area contributed by atoms with Gasteiger partial charge in [0.15, 0.2) is 0 Å². The SMILES string of the molecule is CCOC(=O)c1cc(OCC(O)CNC2CCN(c3ncnc4sc(-c5ccccc5)c(C)c34)CC2)ccc1O. The van der Waals surface area contributed by atoms with E-state index >= 15 is 0 Å². The molecule has 4 aromatic rings. The van der Waals surface area contributed by atoms with Crippen LogP contribution in [0.15, 0.2) is 54.9 Å². The van der Waals surface area contributed by atoms with E-state index in [4.69, 9.17) is 9.47 Å². The van der Waals surface area contributed by atoms with Crippen LogP contribution in [-0.4, -0.2) is 71.1 Å². The summed E-state index contributed by atoms with van der Waals surface area (Å²) in [5.41, 5.74) is 2.45. The zero-order chi connectivity index (χ0) is 28.1. The van der Waals surface area contributed by atoms with E-state index in [-0.39, 0.29) is 30.6 Å². The minimum atomic E-state index is -0.732. The van der Waals surface area contributed by atoms with Gasteiger partial charge in [-0.05, 0) is 56.0 Å². The van der Waals surface area contributed by atoms with Gasteiger partial charge in [-0.2, -0.15) is 0 Å². The minimum Gasteiger partial charge on any atom is -0.507 e. The number of rotatable bonds is 10. The number of aliphatic hydroxyl groups is 1. The summed E-state index contributed by atoms with van der Waals surface area (Å²) in [6, 6.07) is 15.0. The number of hydrogen-bond acceptors (Lipinski definition) is 10. The second-order valence-electron chi connectivity index (χ2n) is 9.83. The third kappa shape index (κ3) is 6.19. The summed E-state index contributed by atoms with van der Waals surface area (Å²) in [4.78, 5) is 25.8. The van der Waals surface area contributed by atoms with Crippen LogP contribution >= 0.6 is 11.3 Å². The Bertz CT molecular complexity index is 1450. The fraction of sp³-hybridized carbons (Fsp3) is 0.367. The van der Waals surface area contributed by atoms with Gasteiger partial charge in [-0.15, -0.1) is 11.3 Å². The van der Waals surface area contributed by atoms with E-state index in [2.05, 4.69) is 51.4 Å². The number of aryl methyl sites for hydroxylation is 1. The predicted molar refractivity (Wildman–Crippen MR) is 156 cm³/mol. The number of carbonyl (C=O) groups excluding carboxylic acids is 1. The van der Waals surface area contributed by atoms with Crippen LogP contribution < -0.4 is 15.0 Å². The molecule has 1 fully saturated rings. The van der Waals surface area contributed by atoms with Crippen LogP contribution in [0.25, 0.3) is 20.7 Å². The summed E-state index contributed by atoms with van der Waals surface area (Å²) < 4.78 is 10.6. The number of aliphatic hydroxyl groups excluding tert-OH is 1. The largest absolute Gasteiger partial charge is 0.507 e. The second-order valence-corrected chi connectivity index (χ2v) is 10.8. The predicted octanol–water partition coefficient (Wildman–Crippen LogP) is 4.55. The van der Waals surface area contributed by atoms with Crippen LogP contribution in [0.4, 0.5) is 5.82 Å². The normalized spacial score (nSPS) is 14.8. The van der Waals surface area contributed by atoms with E-state index in [1.807, 2.05) is 6.07 Å². The first-order valence-electron chi connectivity index (χ1n) is 13.5. The summed E-state index contributed by atoms with van der Waals surface area (Å²) in [5, 5.41) is 25.0. The highest BCUT2D eigenvalue weighted by atomic mass is 32.1. The fourth-order valence-electron chi connectivity index (χ4n) is 4.98. The molecule has 1 saturated heterocycles. The lowest BCUT2D eigenvalue weighted by molar-refractivity contribution is 0.0522. The molecule has 0 aliphatic carbocycles. The summed E-state index contributed by atoms with van der Waals surface area (Å²) in [6.07, 6.45) is 2.78. The highest BCUT2D eigenvalue weighted by Crippen LogP contribution is 2.40. The molecule has 0 bridgehead atoms. The lowest BCUT2D eigenvalue weighted by atomic mass is 10.0. The highest BCUT2D eigenvalue weighted by molar-refractivity contribution is 7.22. The molecule has 1 aliphatic rings. The maximum absolute atomic E-state index is 12.0. The lowest BCUT2D eigenvalue weighted by Gasteiger charge is -2.34. The Hall–Kier alpha value is -3.73. The number of esters is 1. The van der Waals surface area contributed by atoms with Crippen molar-refractivity contribution in [3.63, 3.8) is 0 Å². The molecule has 1 unspecified atom stereocenters. The average molecular weight is 563 g/mol. The number of carbonyl (C=O) groups is 1. The van der Waals surface area contributed by atoms with E-state index in [0.717, 1.165) is 42.0 Å². The number of nitrogens with one attached hydrogen (secondary N) is 1. The summed E-state index contributed by atoms with van der Waals surface area (Å²) >= 11 is 1.71. The molecule has 0 spiro atoms. The smallest absolute Gasteiger partial charge is 0.342 e. The van der Waals surface area contributed by atoms with Crippen LogP contribution in [0, 0.1) is 6.92 Å². The van der Waals surface area contributed by atoms with Gasteiger partial charge in [0.05, 0.1) is 12.0 Å². The van der Waals surface area contributed by atoms with Crippen molar-refractivity contribution >= 4 is 33.3 Å². The molecule has 2 aromatic heterocycles. The third-order valence-electron chi connectivity index (χ3n) is 7.09. The van der Waals surface area contributed by atoms with E-state index in [1.165, 1.54) is 28.1 Å². The van der Waals surface area contributed by atoms with Crippen LogP contribution in [0.5, 0.6) is 11.5 Å². The molecule has 0 amide bonds. The van der Waals surface area contributed by atoms with Crippen LogP contribution in [0.3, 0.4) is 0 Å². The molecule has 5 rings (SSSR count). The monoisotopic (exact) mass is 562 g/mol. The Labute approximate surface area is 237 Å². The quantitative estimate of drug-likeness (QED) is 0.239. The van der Waals surface area contributed by atoms with E-state index < -0.39 is 12.1 Å². The van der Waals surface area contributed by atoms with Gasteiger partial charge >= 0.3 is 5.97 Å². The van der Waals surface area contributed by atoms with E-state index in [9.17, 15) is 15.0 Å². The molecule has 1 atom stereocenters. The highest BCUT2D eigenvalue weighted by Gasteiger charge is 2.24. The number of piperidine rings is 1. The minimum absolute atomic E-state index is 0.0358. The number of anilines is 1. The molecule has 0 radical (unpaired) electrons. The van der Waals surface area contributed by atoms with Crippen molar-refractivity contribution in [2.75, 3.05) is 37.7 Å². The summed E-state index contributed by atoms with van der Waals surface area (Å²) in [5.74, 6) is 0.577. The van der Waals surface area contributed by atoms with Gasteiger partial charge in [-0.3, -0.25) is 0 Å². The van der Waals surface area contributed by atoms with Crippen molar-refractivity contribution in [3.8, 4) is 21.9 Å². The molecular weight excluding hydrogens is 528 g/mol. The molecule has 2 aromatic carbocycles. The Morgan fingerprint density at radius 2 is 1.95 bits per heavy atom. The van der Waals surface area contributed by atoms with Crippen molar-refractivity contribution < 1.29 is 24.5 Å². The van der Waals surface area contributed by atoms with Gasteiger partial charge in [-0.25, -0.2) is 14.8 Å². The first kappa shape index (κ1) is 27.8. The van der Waals surface area contributed by atoms with Gasteiger partial charge in [0.2, 0.25) is 0 Å². The number of phenolic OH excluding ortho intramolecular Hbond substituents is 1. The second kappa shape index (κ2) is 12.6. The third-order valence-corrected chi connectivity index (χ3v) is 8.33. The number of nitrogens with zero attached hydrogens (tertiary/aromatic N) is 3. The van der Waals surface area contributed by atoms with Gasteiger partial charge in [-0.1, -0.05) is 30.3 Å². The van der Waals surface area contributed by atoms with E-state index in [0.29, 0.717) is 12.3 Å². The zero-order valence-corrected chi connectivity index (χ0v) is 23.5. The molecule has 40 heavy (non-hydrogen) atoms. The van der Waals surface area contributed by atoms with Crippen molar-refractivity contribution in [3.05, 3.63) is 66.0 Å². The summed E-state index contributed by atoms with van der Waals surface area (Å²) in [6.45, 7) is 6.21. The number of ether oxygens (including phenoxy) is 2. The molecule has 3 N–H and O–H groups in total. The van der Waals surface area contributed by atoms with Crippen LogP contribution in [0.2, 0.25) is 0 Å². The number of phenols is 1. The number of aromatic nitrogens is 2. The van der Waals surface area contributed by atoms with Crippen LogP contribution in [0.1, 0.15) is 35.7 Å². The van der Waals surface area contributed by atoms with Gasteiger partial charge in [0.1, 0.15) is 46.7 Å². The van der Waals surface area contributed by atoms with Gasteiger partial charge in [0, 0.05) is 30.6 Å². The Morgan fingerprint density at radius 3 is 2.70 bits per heavy atom. The molecule has 3 heterocycles.